The van der Waals surface area contributed by atoms with Crippen molar-refractivity contribution in [1.82, 2.24) is 9.80 Å². The van der Waals surface area contributed by atoms with Gasteiger partial charge in [-0.2, -0.15) is 0 Å². The third-order valence-electron chi connectivity index (χ3n) is 3.94. The average molecular weight is 330 g/mol. The molecule has 0 saturated carbocycles. The summed E-state index contributed by atoms with van der Waals surface area (Å²) >= 11 is 1.30. The molecule has 124 valence electrons. The minimum Gasteiger partial charge on any atom is -0.481 e. The molecule has 2 aliphatic heterocycles. The number of carboxylic acids is 1. The van der Waals surface area contributed by atoms with E-state index in [1.165, 1.54) is 11.8 Å². The zero-order chi connectivity index (χ0) is 15.9. The van der Waals surface area contributed by atoms with E-state index < -0.39 is 11.9 Å². The normalized spacial score (nSPS) is 22.5. The lowest BCUT2D eigenvalue weighted by Crippen LogP contribution is -2.43. The molecule has 0 aromatic heterocycles. The number of amides is 2. The topological polar surface area (TPSA) is 87.2 Å². The Morgan fingerprint density at radius 3 is 2.32 bits per heavy atom. The number of ether oxygens (including phenoxy) is 1. The number of nitrogens with zero attached hydrogens (tertiary/aromatic N) is 2. The molecular weight excluding hydrogens is 308 g/mol. The monoisotopic (exact) mass is 330 g/mol. The average Bonchev–Trinajstić information content (AvgIpc) is 2.55. The third-order valence-corrected chi connectivity index (χ3v) is 4.84. The highest BCUT2D eigenvalue weighted by atomic mass is 32.2. The van der Waals surface area contributed by atoms with Gasteiger partial charge in [-0.25, -0.2) is 0 Å². The number of likely N-dealkylation sites (tertiary alicyclic amines) is 1. The van der Waals surface area contributed by atoms with Gasteiger partial charge in [0.1, 0.15) is 0 Å². The Bertz CT molecular complexity index is 425. The van der Waals surface area contributed by atoms with E-state index in [1.807, 2.05) is 0 Å². The molecule has 0 radical (unpaired) electrons. The van der Waals surface area contributed by atoms with Crippen LogP contribution in [0.1, 0.15) is 12.8 Å². The molecule has 0 bridgehead atoms. The Hall–Kier alpha value is -1.28. The zero-order valence-corrected chi connectivity index (χ0v) is 13.3. The summed E-state index contributed by atoms with van der Waals surface area (Å²) in [5.41, 5.74) is 0. The summed E-state index contributed by atoms with van der Waals surface area (Å²) in [6.07, 6.45) is 1.35. The maximum atomic E-state index is 12.1. The first-order chi connectivity index (χ1) is 10.6. The fourth-order valence-electron chi connectivity index (χ4n) is 2.63. The number of carbonyl (C=O) groups is 3. The van der Waals surface area contributed by atoms with Gasteiger partial charge in [-0.15, -0.1) is 11.8 Å². The van der Waals surface area contributed by atoms with Crippen molar-refractivity contribution >= 4 is 29.5 Å². The first kappa shape index (κ1) is 17.1. The van der Waals surface area contributed by atoms with E-state index in [2.05, 4.69) is 0 Å². The molecule has 0 aliphatic carbocycles. The molecule has 2 amide bonds. The molecule has 0 aromatic carbocycles. The second-order valence-corrected chi connectivity index (χ2v) is 6.49. The number of carbonyl (C=O) groups excluding carboxylic acids is 2. The Morgan fingerprint density at radius 2 is 1.68 bits per heavy atom. The zero-order valence-electron chi connectivity index (χ0n) is 12.5. The largest absolute Gasteiger partial charge is 0.481 e. The maximum absolute atomic E-state index is 12.1. The second-order valence-electron chi connectivity index (χ2n) is 5.50. The number of aliphatic carboxylic acids is 1. The number of hydrogen-bond donors (Lipinski definition) is 1. The lowest BCUT2D eigenvalue weighted by atomic mass is 9.98. The first-order valence-corrected chi connectivity index (χ1v) is 8.67. The predicted molar refractivity (Wildman–Crippen MR) is 81.7 cm³/mol. The van der Waals surface area contributed by atoms with Crippen molar-refractivity contribution in [3.8, 4) is 0 Å². The molecule has 2 heterocycles. The van der Waals surface area contributed by atoms with Crippen LogP contribution in [0, 0.1) is 5.92 Å². The van der Waals surface area contributed by atoms with Crippen molar-refractivity contribution in [2.45, 2.75) is 12.8 Å². The third kappa shape index (κ3) is 4.88. The van der Waals surface area contributed by atoms with E-state index in [0.29, 0.717) is 39.3 Å². The summed E-state index contributed by atoms with van der Waals surface area (Å²) in [5, 5.41) is 9.03. The van der Waals surface area contributed by atoms with Crippen molar-refractivity contribution in [2.75, 3.05) is 50.9 Å². The molecule has 0 spiro atoms. The Kier molecular flexibility index (Phi) is 6.50. The number of morpholine rings is 1. The van der Waals surface area contributed by atoms with Gasteiger partial charge in [-0.3, -0.25) is 14.4 Å². The number of rotatable bonds is 5. The second kappa shape index (κ2) is 8.38. The van der Waals surface area contributed by atoms with Crippen molar-refractivity contribution in [3.05, 3.63) is 0 Å². The molecule has 8 heteroatoms. The predicted octanol–water partition coefficient (Wildman–Crippen LogP) is -0.0984. The SMILES string of the molecule is O=C(O)C1CCCN(C(=O)CSCC(=O)N2CCOCC2)C1. The Morgan fingerprint density at radius 1 is 1.05 bits per heavy atom. The van der Waals surface area contributed by atoms with Gasteiger partial charge in [-0.1, -0.05) is 0 Å². The van der Waals surface area contributed by atoms with E-state index in [9.17, 15) is 14.4 Å². The minimum atomic E-state index is -0.840. The van der Waals surface area contributed by atoms with E-state index >= 15 is 0 Å². The van der Waals surface area contributed by atoms with Gasteiger partial charge in [0.15, 0.2) is 0 Å². The number of piperidine rings is 1. The fraction of sp³-hybridized carbons (Fsp3) is 0.786. The Balaban J connectivity index is 1.68. The van der Waals surface area contributed by atoms with Crippen LogP contribution in [-0.4, -0.2) is 83.6 Å². The van der Waals surface area contributed by atoms with Crippen molar-refractivity contribution < 1.29 is 24.2 Å². The summed E-state index contributed by atoms with van der Waals surface area (Å²) in [4.78, 5) is 38.4. The van der Waals surface area contributed by atoms with Crippen molar-refractivity contribution in [2.24, 2.45) is 5.92 Å². The van der Waals surface area contributed by atoms with Crippen molar-refractivity contribution in [3.63, 3.8) is 0 Å². The highest BCUT2D eigenvalue weighted by Crippen LogP contribution is 2.18. The van der Waals surface area contributed by atoms with Gasteiger partial charge in [-0.05, 0) is 12.8 Å². The number of hydrogen-bond acceptors (Lipinski definition) is 5. The molecule has 2 saturated heterocycles. The van der Waals surface area contributed by atoms with Crippen LogP contribution in [0.15, 0.2) is 0 Å². The van der Waals surface area contributed by atoms with E-state index in [1.54, 1.807) is 9.80 Å². The van der Waals surface area contributed by atoms with Gasteiger partial charge in [0, 0.05) is 26.2 Å². The highest BCUT2D eigenvalue weighted by molar-refractivity contribution is 8.00. The van der Waals surface area contributed by atoms with Gasteiger partial charge in [0.2, 0.25) is 11.8 Å². The molecule has 2 rings (SSSR count). The lowest BCUT2D eigenvalue weighted by Gasteiger charge is -2.30. The number of carboxylic acid groups (broad SMARTS) is 1. The first-order valence-electron chi connectivity index (χ1n) is 7.52. The number of thioether (sulfide) groups is 1. The van der Waals surface area contributed by atoms with Crippen LogP contribution in [0.5, 0.6) is 0 Å². The van der Waals surface area contributed by atoms with Crippen LogP contribution in [0.25, 0.3) is 0 Å². The van der Waals surface area contributed by atoms with E-state index in [0.717, 1.165) is 6.42 Å². The van der Waals surface area contributed by atoms with Crippen LogP contribution in [-0.2, 0) is 19.1 Å². The molecular formula is C14H22N2O5S. The van der Waals surface area contributed by atoms with Crippen LogP contribution in [0.3, 0.4) is 0 Å². The molecule has 0 aromatic rings. The molecule has 2 fully saturated rings. The minimum absolute atomic E-state index is 0.0307. The molecule has 7 nitrogen and oxygen atoms in total. The summed E-state index contributed by atoms with van der Waals surface area (Å²) < 4.78 is 5.19. The molecule has 2 aliphatic rings. The van der Waals surface area contributed by atoms with Crippen LogP contribution in [0.2, 0.25) is 0 Å². The van der Waals surface area contributed by atoms with Gasteiger partial charge in [0.05, 0.1) is 30.6 Å². The van der Waals surface area contributed by atoms with Crippen LogP contribution >= 0.6 is 11.8 Å². The fourth-order valence-corrected chi connectivity index (χ4v) is 3.44. The quantitative estimate of drug-likeness (QED) is 0.757. The Labute approximate surface area is 134 Å². The highest BCUT2D eigenvalue weighted by Gasteiger charge is 2.28. The molecule has 1 unspecified atom stereocenters. The van der Waals surface area contributed by atoms with Crippen LogP contribution < -0.4 is 0 Å². The van der Waals surface area contributed by atoms with Crippen LogP contribution in [0.4, 0.5) is 0 Å². The molecule has 1 N–H and O–H groups in total. The van der Waals surface area contributed by atoms with Gasteiger partial charge >= 0.3 is 5.97 Å². The van der Waals surface area contributed by atoms with E-state index in [4.69, 9.17) is 9.84 Å². The summed E-state index contributed by atoms with van der Waals surface area (Å²) in [6, 6.07) is 0. The lowest BCUT2D eigenvalue weighted by molar-refractivity contribution is -0.145. The summed E-state index contributed by atoms with van der Waals surface area (Å²) in [7, 11) is 0. The summed E-state index contributed by atoms with van der Waals surface area (Å²) in [5.74, 6) is -0.844. The smallest absolute Gasteiger partial charge is 0.308 e. The van der Waals surface area contributed by atoms with Crippen molar-refractivity contribution in [1.29, 1.82) is 0 Å². The molecule has 1 atom stereocenters. The molecule has 22 heavy (non-hydrogen) atoms. The van der Waals surface area contributed by atoms with E-state index in [-0.39, 0.29) is 29.9 Å². The van der Waals surface area contributed by atoms with Gasteiger partial charge < -0.3 is 19.6 Å². The standard InChI is InChI=1S/C14H22N2O5S/c17-12(15-4-6-21-7-5-15)9-22-10-13(18)16-3-1-2-11(8-16)14(19)20/h11H,1-10H2,(H,19,20). The summed E-state index contributed by atoms with van der Waals surface area (Å²) in [6.45, 7) is 3.26. The maximum Gasteiger partial charge on any atom is 0.308 e. The van der Waals surface area contributed by atoms with Gasteiger partial charge in [0.25, 0.3) is 0 Å².